The minimum atomic E-state index is -0.282. The van der Waals surface area contributed by atoms with Crippen LogP contribution in [0.2, 0.25) is 0 Å². The van der Waals surface area contributed by atoms with Crippen molar-refractivity contribution in [3.8, 4) is 0 Å². The molecule has 1 spiro atoms. The summed E-state index contributed by atoms with van der Waals surface area (Å²) in [6.45, 7) is 4.43. The summed E-state index contributed by atoms with van der Waals surface area (Å²) >= 11 is 0. The van der Waals surface area contributed by atoms with E-state index in [1.807, 2.05) is 11.9 Å². The second-order valence-electron chi connectivity index (χ2n) is 6.12. The Hall–Kier alpha value is -0.650. The zero-order chi connectivity index (χ0) is 13.3. The Labute approximate surface area is 114 Å². The van der Waals surface area contributed by atoms with Gasteiger partial charge in [-0.15, -0.1) is 0 Å². The molecule has 19 heavy (non-hydrogen) atoms. The van der Waals surface area contributed by atoms with E-state index >= 15 is 0 Å². The lowest BCUT2D eigenvalue weighted by molar-refractivity contribution is -0.164. The van der Waals surface area contributed by atoms with Crippen molar-refractivity contribution in [2.75, 3.05) is 46.4 Å². The van der Waals surface area contributed by atoms with Crippen LogP contribution in [0.15, 0.2) is 0 Å². The summed E-state index contributed by atoms with van der Waals surface area (Å²) in [5.74, 6) is 0.154. The highest BCUT2D eigenvalue weighted by Gasteiger charge is 2.42. The Morgan fingerprint density at radius 2 is 2.00 bits per heavy atom. The first-order valence-electron chi connectivity index (χ1n) is 7.41. The molecular formula is C14H24N2O3. The van der Waals surface area contributed by atoms with Crippen LogP contribution >= 0.6 is 0 Å². The lowest BCUT2D eigenvalue weighted by Gasteiger charge is -2.42. The maximum atomic E-state index is 12.6. The molecule has 5 nitrogen and oxygen atoms in total. The van der Waals surface area contributed by atoms with E-state index in [1.54, 1.807) is 0 Å². The molecular weight excluding hydrogens is 244 g/mol. The fourth-order valence-electron chi connectivity index (χ4n) is 3.49. The van der Waals surface area contributed by atoms with Crippen molar-refractivity contribution in [2.45, 2.75) is 37.4 Å². The van der Waals surface area contributed by atoms with Gasteiger partial charge >= 0.3 is 0 Å². The van der Waals surface area contributed by atoms with Crippen LogP contribution in [0.4, 0.5) is 0 Å². The third-order valence-corrected chi connectivity index (χ3v) is 4.62. The van der Waals surface area contributed by atoms with Gasteiger partial charge in [0, 0.05) is 26.2 Å². The van der Waals surface area contributed by atoms with Crippen LogP contribution in [0.1, 0.15) is 25.7 Å². The second-order valence-corrected chi connectivity index (χ2v) is 6.12. The predicted octanol–water partition coefficient (Wildman–Crippen LogP) is 0.489. The number of morpholine rings is 2. The van der Waals surface area contributed by atoms with Gasteiger partial charge in [-0.1, -0.05) is 12.8 Å². The van der Waals surface area contributed by atoms with Crippen molar-refractivity contribution >= 4 is 5.91 Å². The zero-order valence-electron chi connectivity index (χ0n) is 11.8. The number of carbonyl (C=O) groups is 1. The molecule has 0 N–H and O–H groups in total. The lowest BCUT2D eigenvalue weighted by Crippen LogP contribution is -2.57. The van der Waals surface area contributed by atoms with E-state index in [-0.39, 0.29) is 17.6 Å². The van der Waals surface area contributed by atoms with E-state index in [9.17, 15) is 4.79 Å². The SMILES string of the molecule is CN1CCO[C@H](C(=O)N2CCOC3(CCCC3)C2)C1. The number of carbonyl (C=O) groups excluding carboxylic acids is 1. The Morgan fingerprint density at radius 1 is 1.21 bits per heavy atom. The van der Waals surface area contributed by atoms with Crippen LogP contribution in [0.5, 0.6) is 0 Å². The number of ether oxygens (including phenoxy) is 2. The molecule has 0 unspecified atom stereocenters. The molecule has 3 aliphatic rings. The van der Waals surface area contributed by atoms with E-state index in [4.69, 9.17) is 9.47 Å². The quantitative estimate of drug-likeness (QED) is 0.694. The monoisotopic (exact) mass is 268 g/mol. The van der Waals surface area contributed by atoms with Crippen LogP contribution in [0.3, 0.4) is 0 Å². The second kappa shape index (κ2) is 5.38. The van der Waals surface area contributed by atoms with E-state index < -0.39 is 0 Å². The van der Waals surface area contributed by atoms with Crippen LogP contribution in [0.25, 0.3) is 0 Å². The largest absolute Gasteiger partial charge is 0.371 e. The summed E-state index contributed by atoms with van der Waals surface area (Å²) in [6, 6.07) is 0. The van der Waals surface area contributed by atoms with Crippen molar-refractivity contribution < 1.29 is 14.3 Å². The van der Waals surface area contributed by atoms with Gasteiger partial charge in [0.25, 0.3) is 5.91 Å². The first-order valence-corrected chi connectivity index (χ1v) is 7.41. The van der Waals surface area contributed by atoms with Gasteiger partial charge in [-0.05, 0) is 19.9 Å². The van der Waals surface area contributed by atoms with E-state index in [0.29, 0.717) is 26.3 Å². The normalized spacial score (nSPS) is 31.8. The van der Waals surface area contributed by atoms with Gasteiger partial charge in [0.15, 0.2) is 0 Å². The zero-order valence-corrected chi connectivity index (χ0v) is 11.8. The molecule has 0 aromatic heterocycles. The fourth-order valence-corrected chi connectivity index (χ4v) is 3.49. The molecule has 0 radical (unpaired) electrons. The highest BCUT2D eigenvalue weighted by atomic mass is 16.5. The first kappa shape index (κ1) is 13.3. The summed E-state index contributed by atoms with van der Waals surface area (Å²) in [4.78, 5) is 16.7. The van der Waals surface area contributed by atoms with Crippen LogP contribution in [-0.2, 0) is 14.3 Å². The Balaban J connectivity index is 1.62. The first-order chi connectivity index (χ1) is 9.19. The van der Waals surface area contributed by atoms with E-state index in [0.717, 1.165) is 25.9 Å². The number of hydrogen-bond donors (Lipinski definition) is 0. The highest BCUT2D eigenvalue weighted by molar-refractivity contribution is 5.81. The van der Waals surface area contributed by atoms with Gasteiger partial charge in [0.2, 0.25) is 0 Å². The molecule has 0 aromatic rings. The minimum Gasteiger partial charge on any atom is -0.371 e. The van der Waals surface area contributed by atoms with Crippen LogP contribution in [-0.4, -0.2) is 73.9 Å². The van der Waals surface area contributed by atoms with Gasteiger partial charge in [0.1, 0.15) is 6.10 Å². The van der Waals surface area contributed by atoms with Crippen LogP contribution < -0.4 is 0 Å². The van der Waals surface area contributed by atoms with Crippen molar-refractivity contribution in [1.82, 2.24) is 9.80 Å². The summed E-state index contributed by atoms with van der Waals surface area (Å²) < 4.78 is 11.6. The summed E-state index contributed by atoms with van der Waals surface area (Å²) in [6.07, 6.45) is 4.37. The molecule has 1 saturated carbocycles. The molecule has 3 fully saturated rings. The molecule has 0 bridgehead atoms. The maximum absolute atomic E-state index is 12.6. The Kier molecular flexibility index (Phi) is 3.78. The van der Waals surface area contributed by atoms with Crippen molar-refractivity contribution in [3.63, 3.8) is 0 Å². The van der Waals surface area contributed by atoms with Gasteiger partial charge in [0.05, 0.1) is 18.8 Å². The Morgan fingerprint density at radius 3 is 2.74 bits per heavy atom. The number of rotatable bonds is 1. The average Bonchev–Trinajstić information content (AvgIpc) is 2.86. The smallest absolute Gasteiger partial charge is 0.253 e. The third-order valence-electron chi connectivity index (χ3n) is 4.62. The number of nitrogens with zero attached hydrogens (tertiary/aromatic N) is 2. The average molecular weight is 268 g/mol. The van der Waals surface area contributed by atoms with Crippen molar-refractivity contribution in [3.05, 3.63) is 0 Å². The van der Waals surface area contributed by atoms with Crippen molar-refractivity contribution in [2.24, 2.45) is 0 Å². The minimum absolute atomic E-state index is 0.0471. The molecule has 108 valence electrons. The summed E-state index contributed by atoms with van der Waals surface area (Å²) in [7, 11) is 2.04. The summed E-state index contributed by atoms with van der Waals surface area (Å²) in [5.41, 5.74) is -0.0471. The molecule has 2 heterocycles. The van der Waals surface area contributed by atoms with Gasteiger partial charge in [-0.25, -0.2) is 0 Å². The number of hydrogen-bond acceptors (Lipinski definition) is 4. The molecule has 2 saturated heterocycles. The molecule has 1 amide bonds. The molecule has 2 aliphatic heterocycles. The van der Waals surface area contributed by atoms with Gasteiger partial charge in [-0.3, -0.25) is 4.79 Å². The topological polar surface area (TPSA) is 42.0 Å². The molecule has 1 atom stereocenters. The maximum Gasteiger partial charge on any atom is 0.253 e. The molecule has 0 aromatic carbocycles. The Bertz CT molecular complexity index is 342. The fraction of sp³-hybridized carbons (Fsp3) is 0.929. The van der Waals surface area contributed by atoms with E-state index in [1.165, 1.54) is 12.8 Å². The number of amides is 1. The van der Waals surface area contributed by atoms with Gasteiger partial charge < -0.3 is 19.3 Å². The summed E-state index contributed by atoms with van der Waals surface area (Å²) in [5, 5.41) is 0. The molecule has 5 heteroatoms. The molecule has 1 aliphatic carbocycles. The van der Waals surface area contributed by atoms with Crippen LogP contribution in [0, 0.1) is 0 Å². The third kappa shape index (κ3) is 2.78. The van der Waals surface area contributed by atoms with Gasteiger partial charge in [-0.2, -0.15) is 0 Å². The predicted molar refractivity (Wildman–Crippen MR) is 71.0 cm³/mol. The lowest BCUT2D eigenvalue weighted by atomic mass is 9.99. The molecule has 3 rings (SSSR count). The van der Waals surface area contributed by atoms with E-state index in [2.05, 4.69) is 4.90 Å². The number of likely N-dealkylation sites (N-methyl/N-ethyl adjacent to an activating group) is 1. The van der Waals surface area contributed by atoms with Crippen molar-refractivity contribution in [1.29, 1.82) is 0 Å². The highest BCUT2D eigenvalue weighted by Crippen LogP contribution is 2.36. The standard InChI is InChI=1S/C14H24N2O3/c1-15-6-8-18-12(10-15)13(17)16-7-9-19-14(11-16)4-2-3-5-14/h12H,2-11H2,1H3/t12-/m0/s1.